The van der Waals surface area contributed by atoms with E-state index < -0.39 is 0 Å². The van der Waals surface area contributed by atoms with E-state index in [1.807, 2.05) is 48.5 Å². The molecule has 0 bridgehead atoms. The van der Waals surface area contributed by atoms with Crippen LogP contribution in [0.4, 0.5) is 0 Å². The molecule has 0 heterocycles. The van der Waals surface area contributed by atoms with Gasteiger partial charge in [-0.25, -0.2) is 0 Å². The topological polar surface area (TPSA) is 185 Å². The fraction of sp³-hybridized carbons (Fsp3) is 0.415. The summed E-state index contributed by atoms with van der Waals surface area (Å²) in [6, 6.07) is 32.7. The molecule has 0 saturated carbocycles. The normalized spacial score (nSPS) is 11.5. The van der Waals surface area contributed by atoms with E-state index in [0.29, 0.717) is 181 Å². The summed E-state index contributed by atoms with van der Waals surface area (Å²) in [6.07, 6.45) is 7.05. The summed E-state index contributed by atoms with van der Waals surface area (Å²) in [5.74, 6) is 11.8. The van der Waals surface area contributed by atoms with E-state index in [1.165, 1.54) is 0 Å². The highest BCUT2D eigenvalue weighted by atomic mass is 16.6. The van der Waals surface area contributed by atoms with Crippen LogP contribution in [-0.4, -0.2) is 142 Å². The number of benzene rings is 8. The maximum Gasteiger partial charge on any atom is 0.203 e. The number of aryl methyl sites for hydroxylation is 9. The Bertz CT molecular complexity index is 3990. The van der Waals surface area contributed by atoms with Gasteiger partial charge in [-0.05, 0) is 247 Å². The second-order valence-corrected chi connectivity index (χ2v) is 24.3. The summed E-state index contributed by atoms with van der Waals surface area (Å²) in [5.41, 5.74) is 11.5. The molecule has 8 rings (SSSR count). The third kappa shape index (κ3) is 17.9. The first kappa shape index (κ1) is 77.5. The second kappa shape index (κ2) is 37.4. The molecule has 0 aliphatic carbocycles. The summed E-state index contributed by atoms with van der Waals surface area (Å²) in [4.78, 5) is 0. The van der Waals surface area contributed by atoms with Crippen molar-refractivity contribution in [2.75, 3.05) is 142 Å². The average Bonchev–Trinajstić information content (AvgIpc) is 0.778. The summed E-state index contributed by atoms with van der Waals surface area (Å²) in [5, 5.41) is 0. The van der Waals surface area contributed by atoms with Gasteiger partial charge in [0.05, 0.1) is 142 Å². The van der Waals surface area contributed by atoms with Crippen LogP contribution in [-0.2, 0) is 70.6 Å². The van der Waals surface area contributed by atoms with Crippen LogP contribution in [0.15, 0.2) is 97.1 Å². The first-order chi connectivity index (χ1) is 49.6. The number of rotatable bonds is 41. The van der Waals surface area contributed by atoms with Crippen LogP contribution in [0.1, 0.15) is 79.1 Å². The Morgan fingerprint density at radius 2 is 0.392 bits per heavy atom. The van der Waals surface area contributed by atoms with Gasteiger partial charge in [-0.3, -0.25) is 0 Å². The van der Waals surface area contributed by atoms with Crippen molar-refractivity contribution < 1.29 is 94.7 Å². The molecule has 102 heavy (non-hydrogen) atoms. The lowest BCUT2D eigenvalue weighted by Gasteiger charge is -2.32. The highest BCUT2D eigenvalue weighted by Gasteiger charge is 2.33. The average molecular weight is 1410 g/mol. The van der Waals surface area contributed by atoms with Crippen molar-refractivity contribution in [2.45, 2.75) is 83.0 Å². The van der Waals surface area contributed by atoms with Crippen LogP contribution >= 0.6 is 0 Å². The number of methoxy groups -OCH3 is 20. The molecule has 0 aliphatic heterocycles. The van der Waals surface area contributed by atoms with Gasteiger partial charge in [0, 0.05) is 5.56 Å². The molecule has 0 N–H and O–H groups in total. The van der Waals surface area contributed by atoms with E-state index >= 15 is 0 Å². The minimum atomic E-state index is -0.331. The lowest BCUT2D eigenvalue weighted by Crippen LogP contribution is -2.21. The van der Waals surface area contributed by atoms with Crippen molar-refractivity contribution in [3.63, 3.8) is 0 Å². The van der Waals surface area contributed by atoms with Gasteiger partial charge in [-0.15, -0.1) is 0 Å². The molecule has 0 aliphatic rings. The van der Waals surface area contributed by atoms with Crippen molar-refractivity contribution in [3.05, 3.63) is 164 Å². The predicted molar refractivity (Wildman–Crippen MR) is 394 cm³/mol. The Labute approximate surface area is 602 Å². The van der Waals surface area contributed by atoms with Crippen LogP contribution in [0.2, 0.25) is 0 Å². The van der Waals surface area contributed by atoms with Crippen LogP contribution in [0, 0.1) is 5.92 Å². The van der Waals surface area contributed by atoms with E-state index in [0.717, 1.165) is 78.3 Å². The molecule has 8 aromatic carbocycles. The Hall–Kier alpha value is -10.2. The van der Waals surface area contributed by atoms with Crippen LogP contribution < -0.4 is 94.7 Å². The maximum absolute atomic E-state index is 6.62. The number of hydrogen-bond acceptors (Lipinski definition) is 20. The van der Waals surface area contributed by atoms with Crippen molar-refractivity contribution >= 4 is 0 Å². The van der Waals surface area contributed by atoms with Crippen LogP contribution in [0.3, 0.4) is 0 Å². The Kier molecular flexibility index (Phi) is 28.4. The first-order valence-corrected chi connectivity index (χ1v) is 33.7. The van der Waals surface area contributed by atoms with Crippen molar-refractivity contribution in [1.82, 2.24) is 0 Å². The highest BCUT2D eigenvalue weighted by molar-refractivity contribution is 5.59. The van der Waals surface area contributed by atoms with E-state index in [2.05, 4.69) is 48.5 Å². The predicted octanol–water partition coefficient (Wildman–Crippen LogP) is 14.8. The fourth-order valence-electron chi connectivity index (χ4n) is 13.7. The summed E-state index contributed by atoms with van der Waals surface area (Å²) < 4.78 is 120. The maximum atomic E-state index is 6.62. The second-order valence-electron chi connectivity index (χ2n) is 24.3. The molecule has 20 nitrogen and oxygen atoms in total. The Balaban J connectivity index is 1.29. The summed E-state index contributed by atoms with van der Waals surface area (Å²) >= 11 is 0. The van der Waals surface area contributed by atoms with Crippen molar-refractivity contribution in [3.8, 4) is 115 Å². The Morgan fingerprint density at radius 1 is 0.186 bits per heavy atom. The smallest absolute Gasteiger partial charge is 0.203 e. The molecule has 0 aromatic heterocycles. The molecule has 0 spiro atoms. The first-order valence-electron chi connectivity index (χ1n) is 33.7. The van der Waals surface area contributed by atoms with Crippen molar-refractivity contribution in [1.29, 1.82) is 0 Å². The molecular formula is C82H102O20. The largest absolute Gasteiger partial charge is 0.496 e. The quantitative estimate of drug-likeness (QED) is 0.0352. The summed E-state index contributed by atoms with van der Waals surface area (Å²) in [6.45, 7) is 0. The molecule has 8 aromatic rings. The monoisotopic (exact) mass is 1410 g/mol. The van der Waals surface area contributed by atoms with E-state index in [-0.39, 0.29) is 11.8 Å². The van der Waals surface area contributed by atoms with Gasteiger partial charge in [0.1, 0.15) is 46.0 Å². The molecule has 0 saturated heterocycles. The highest BCUT2D eigenvalue weighted by Crippen LogP contribution is 2.48. The minimum absolute atomic E-state index is 0.205. The van der Waals surface area contributed by atoms with Gasteiger partial charge in [-0.2, -0.15) is 0 Å². The fourth-order valence-corrected chi connectivity index (χ4v) is 13.7. The van der Waals surface area contributed by atoms with Gasteiger partial charge in [0.15, 0.2) is 46.0 Å². The minimum Gasteiger partial charge on any atom is -0.496 e. The molecule has 20 heteroatoms. The molecule has 0 fully saturated rings. The van der Waals surface area contributed by atoms with Crippen LogP contribution in [0.25, 0.3) is 0 Å². The molecular weight excluding hydrogens is 1300 g/mol. The third-order valence-electron chi connectivity index (χ3n) is 19.0. The van der Waals surface area contributed by atoms with E-state index in [1.54, 1.807) is 142 Å². The molecule has 0 unspecified atom stereocenters. The van der Waals surface area contributed by atoms with Gasteiger partial charge in [0.25, 0.3) is 0 Å². The number of ether oxygens (including phenoxy) is 20. The molecule has 0 radical (unpaired) electrons. The standard InChI is InChI=1S/C82H102O20/c1-83-63-42-58(64(84-2)41-54(63)25-21-49-31-71(91-9)79(99-17)72(32-49)92-10)30-29-53(39-59-46-65(85-3)55(43-67(59)87-5)26-22-50-33-73(93-11)80(100-18)74(34-50)94-12)61(62-48-69(89-7)57(45-70(62)90-8)28-24-52-37-77(97-15)82(102-20)78(38-52)98-16)40-60-47-66(86-4)56(44-68(60)88-6)27-23-51-35-75(95-13)81(101-19)76(36-51)96-14/h31-38,41-48,53,61H,21-30,39-40H2,1-20H3/t53-,61-/m1/s1. The van der Waals surface area contributed by atoms with Gasteiger partial charge in [-0.1, -0.05) is 0 Å². The van der Waals surface area contributed by atoms with E-state index in [9.17, 15) is 0 Å². The van der Waals surface area contributed by atoms with Gasteiger partial charge < -0.3 is 94.7 Å². The van der Waals surface area contributed by atoms with Gasteiger partial charge in [0.2, 0.25) is 23.0 Å². The van der Waals surface area contributed by atoms with E-state index in [4.69, 9.17) is 94.7 Å². The third-order valence-corrected chi connectivity index (χ3v) is 19.0. The van der Waals surface area contributed by atoms with Gasteiger partial charge >= 0.3 is 0 Å². The zero-order valence-electron chi connectivity index (χ0n) is 63.0. The zero-order valence-corrected chi connectivity index (χ0v) is 63.0. The summed E-state index contributed by atoms with van der Waals surface area (Å²) in [7, 11) is 33.0. The molecule has 550 valence electrons. The Morgan fingerprint density at radius 3 is 0.637 bits per heavy atom. The van der Waals surface area contributed by atoms with Crippen molar-refractivity contribution in [2.24, 2.45) is 5.92 Å². The zero-order chi connectivity index (χ0) is 73.6. The molecule has 0 amide bonds. The lowest BCUT2D eigenvalue weighted by molar-refractivity contribution is 0.323. The number of hydrogen-bond donors (Lipinski definition) is 0. The lowest BCUT2D eigenvalue weighted by atomic mass is 9.74. The SMILES string of the molecule is COc1cc(CC[C@H](Cc2cc(OC)c(CCc3cc(OC)c(OC)c(OC)c3)cc2OC)[C@@H](Cc2cc(OC)c(CCc3cc(OC)c(OC)c(OC)c3)cc2OC)c2cc(OC)c(CCc3cc(OC)c(OC)c(OC)c3)cc2OC)c(OC)cc1CCc1cc(OC)c(OC)c(OC)c1. The molecule has 2 atom stereocenters. The van der Waals surface area contributed by atoms with Crippen LogP contribution in [0.5, 0.6) is 115 Å².